The number of nitrogens with one attached hydrogen (secondary N) is 2. The third kappa shape index (κ3) is 6.24. The first-order chi connectivity index (χ1) is 11.9. The van der Waals surface area contributed by atoms with Gasteiger partial charge in [-0.3, -0.25) is 4.90 Å². The van der Waals surface area contributed by atoms with E-state index in [1.807, 2.05) is 0 Å². The highest BCUT2D eigenvalue weighted by molar-refractivity contribution is 7.09. The molecule has 25 heavy (non-hydrogen) atoms. The van der Waals surface area contributed by atoms with E-state index in [2.05, 4.69) is 60.5 Å². The van der Waals surface area contributed by atoms with Crippen LogP contribution in [0.3, 0.4) is 0 Å². The number of rotatable bonds is 7. The van der Waals surface area contributed by atoms with Crippen LogP contribution in [-0.2, 0) is 11.3 Å². The van der Waals surface area contributed by atoms with Crippen LogP contribution in [0.1, 0.15) is 51.2 Å². The summed E-state index contributed by atoms with van der Waals surface area (Å²) in [6.07, 6.45) is 0. The average molecular weight is 368 g/mol. The van der Waals surface area contributed by atoms with Gasteiger partial charge < -0.3 is 15.4 Å². The van der Waals surface area contributed by atoms with Crippen LogP contribution in [0.4, 0.5) is 0 Å². The maximum absolute atomic E-state index is 5.46. The Bertz CT molecular complexity index is 549. The Balaban J connectivity index is 1.92. The number of hydrogen-bond donors (Lipinski definition) is 2. The molecule has 1 aliphatic rings. The zero-order chi connectivity index (χ0) is 18.3. The third-order valence-corrected chi connectivity index (χ3v) is 5.29. The molecule has 0 radical (unpaired) electrons. The summed E-state index contributed by atoms with van der Waals surface area (Å²) in [5, 5.41) is 10.0. The lowest BCUT2D eigenvalue weighted by Gasteiger charge is -2.41. The Morgan fingerprint density at radius 1 is 1.36 bits per heavy atom. The third-order valence-electron chi connectivity index (χ3n) is 4.43. The van der Waals surface area contributed by atoms with Gasteiger partial charge in [0.15, 0.2) is 5.96 Å². The second kappa shape index (κ2) is 9.50. The van der Waals surface area contributed by atoms with E-state index in [0.29, 0.717) is 12.5 Å². The highest BCUT2D eigenvalue weighted by Crippen LogP contribution is 2.18. The van der Waals surface area contributed by atoms with Gasteiger partial charge in [0, 0.05) is 37.1 Å². The quantitative estimate of drug-likeness (QED) is 0.572. The number of aromatic nitrogens is 1. The van der Waals surface area contributed by atoms with E-state index in [4.69, 9.17) is 9.73 Å². The average Bonchev–Trinajstić information content (AvgIpc) is 3.07. The van der Waals surface area contributed by atoms with Crippen molar-refractivity contribution in [3.8, 4) is 0 Å². The fraction of sp³-hybridized carbons (Fsp3) is 0.778. The molecular weight excluding hydrogens is 334 g/mol. The molecule has 6 nitrogen and oxygen atoms in total. The van der Waals surface area contributed by atoms with Crippen molar-refractivity contribution in [2.45, 2.75) is 52.6 Å². The number of guanidine groups is 1. The van der Waals surface area contributed by atoms with Crippen LogP contribution >= 0.6 is 11.3 Å². The molecule has 0 unspecified atom stereocenters. The lowest BCUT2D eigenvalue weighted by atomic mass is 10.0. The molecule has 1 aromatic heterocycles. The van der Waals surface area contributed by atoms with Crippen LogP contribution in [0.5, 0.6) is 0 Å². The van der Waals surface area contributed by atoms with E-state index < -0.39 is 0 Å². The van der Waals surface area contributed by atoms with E-state index in [0.717, 1.165) is 56.1 Å². The first-order valence-corrected chi connectivity index (χ1v) is 10.1. The van der Waals surface area contributed by atoms with E-state index in [1.54, 1.807) is 11.3 Å². The molecule has 0 saturated carbocycles. The minimum Gasteiger partial charge on any atom is -0.379 e. The van der Waals surface area contributed by atoms with Crippen LogP contribution in [0.15, 0.2) is 10.4 Å². The van der Waals surface area contributed by atoms with Crippen LogP contribution in [0.2, 0.25) is 0 Å². The summed E-state index contributed by atoms with van der Waals surface area (Å²) >= 11 is 1.69. The van der Waals surface area contributed by atoms with E-state index in [-0.39, 0.29) is 5.54 Å². The van der Waals surface area contributed by atoms with Gasteiger partial charge in [-0.1, -0.05) is 13.8 Å². The largest absolute Gasteiger partial charge is 0.379 e. The minimum absolute atomic E-state index is 0.0615. The molecule has 0 amide bonds. The molecule has 2 N–H and O–H groups in total. The smallest absolute Gasteiger partial charge is 0.191 e. The minimum atomic E-state index is 0.0615. The summed E-state index contributed by atoms with van der Waals surface area (Å²) in [5.74, 6) is 1.32. The molecule has 0 aliphatic carbocycles. The molecular formula is C18H33N5OS. The van der Waals surface area contributed by atoms with Gasteiger partial charge in [-0.05, 0) is 26.7 Å². The predicted molar refractivity (Wildman–Crippen MR) is 105 cm³/mol. The number of nitrogens with zero attached hydrogens (tertiary/aromatic N) is 3. The van der Waals surface area contributed by atoms with Gasteiger partial charge in [-0.25, -0.2) is 9.98 Å². The Kier molecular flexibility index (Phi) is 7.65. The van der Waals surface area contributed by atoms with Crippen molar-refractivity contribution >= 4 is 17.3 Å². The molecule has 2 rings (SSSR count). The number of ether oxygens (including phenoxy) is 1. The number of aliphatic imine (C=N–C) groups is 1. The molecule has 1 saturated heterocycles. The van der Waals surface area contributed by atoms with Crippen LogP contribution in [-0.4, -0.2) is 60.8 Å². The van der Waals surface area contributed by atoms with Crippen molar-refractivity contribution in [3.05, 3.63) is 16.1 Å². The molecule has 1 aliphatic heterocycles. The Morgan fingerprint density at radius 2 is 2.08 bits per heavy atom. The molecule has 0 aromatic carbocycles. The van der Waals surface area contributed by atoms with Crippen LogP contribution in [0, 0.1) is 0 Å². The van der Waals surface area contributed by atoms with Gasteiger partial charge in [-0.15, -0.1) is 11.3 Å². The number of morpholine rings is 1. The van der Waals surface area contributed by atoms with Crippen molar-refractivity contribution in [1.29, 1.82) is 0 Å². The maximum Gasteiger partial charge on any atom is 0.191 e. The summed E-state index contributed by atoms with van der Waals surface area (Å²) in [7, 11) is 0. The zero-order valence-corrected chi connectivity index (χ0v) is 17.1. The van der Waals surface area contributed by atoms with Crippen molar-refractivity contribution < 1.29 is 4.74 Å². The summed E-state index contributed by atoms with van der Waals surface area (Å²) < 4.78 is 5.46. The van der Waals surface area contributed by atoms with Crippen LogP contribution in [0.25, 0.3) is 0 Å². The van der Waals surface area contributed by atoms with E-state index in [9.17, 15) is 0 Å². The molecule has 0 spiro atoms. The molecule has 1 aromatic rings. The Labute approximate surface area is 156 Å². The maximum atomic E-state index is 5.46. The Morgan fingerprint density at radius 3 is 2.68 bits per heavy atom. The van der Waals surface area contributed by atoms with E-state index in [1.165, 1.54) is 0 Å². The monoisotopic (exact) mass is 367 g/mol. The fourth-order valence-corrected chi connectivity index (χ4v) is 3.61. The van der Waals surface area contributed by atoms with E-state index >= 15 is 0 Å². The predicted octanol–water partition coefficient (Wildman–Crippen LogP) is 2.43. The first kappa shape index (κ1) is 20.1. The van der Waals surface area contributed by atoms with Gasteiger partial charge in [0.1, 0.15) is 5.01 Å². The molecule has 0 bridgehead atoms. The van der Waals surface area contributed by atoms with Gasteiger partial charge in [0.05, 0.1) is 25.5 Å². The Hall–Kier alpha value is -1.18. The topological polar surface area (TPSA) is 61.8 Å². The second-order valence-electron chi connectivity index (χ2n) is 7.28. The van der Waals surface area contributed by atoms with Crippen molar-refractivity contribution in [2.75, 3.05) is 39.4 Å². The first-order valence-electron chi connectivity index (χ1n) is 9.21. The van der Waals surface area contributed by atoms with Crippen molar-refractivity contribution in [1.82, 2.24) is 20.5 Å². The zero-order valence-electron chi connectivity index (χ0n) is 16.3. The molecule has 7 heteroatoms. The highest BCUT2D eigenvalue weighted by Gasteiger charge is 2.28. The highest BCUT2D eigenvalue weighted by atomic mass is 32.1. The number of thiazole rings is 1. The van der Waals surface area contributed by atoms with Gasteiger partial charge in [0.2, 0.25) is 0 Å². The normalized spacial score (nSPS) is 17.1. The van der Waals surface area contributed by atoms with Gasteiger partial charge in [0.25, 0.3) is 0 Å². The van der Waals surface area contributed by atoms with Gasteiger partial charge >= 0.3 is 0 Å². The molecule has 142 valence electrons. The van der Waals surface area contributed by atoms with Crippen LogP contribution < -0.4 is 10.6 Å². The van der Waals surface area contributed by atoms with Crippen molar-refractivity contribution in [2.24, 2.45) is 4.99 Å². The molecule has 2 heterocycles. The SMILES string of the molecule is CCNC(=NCc1nc(C(C)C)cs1)NCC(C)(C)N1CCOCC1. The lowest BCUT2D eigenvalue weighted by Crippen LogP contribution is -2.56. The van der Waals surface area contributed by atoms with Crippen molar-refractivity contribution in [3.63, 3.8) is 0 Å². The summed E-state index contributed by atoms with van der Waals surface area (Å²) in [6.45, 7) is 16.9. The second-order valence-corrected chi connectivity index (χ2v) is 8.22. The molecule has 1 fully saturated rings. The van der Waals surface area contributed by atoms with Gasteiger partial charge in [-0.2, -0.15) is 0 Å². The fourth-order valence-electron chi connectivity index (χ4n) is 2.73. The lowest BCUT2D eigenvalue weighted by molar-refractivity contribution is -0.00834. The summed E-state index contributed by atoms with van der Waals surface area (Å²) in [5.41, 5.74) is 1.22. The molecule has 0 atom stereocenters. The number of hydrogen-bond acceptors (Lipinski definition) is 5. The summed E-state index contributed by atoms with van der Waals surface area (Å²) in [4.78, 5) is 11.8. The summed E-state index contributed by atoms with van der Waals surface area (Å²) in [6, 6.07) is 0. The standard InChI is InChI=1S/C18H33N5OS/c1-6-19-17(20-11-16-22-15(12-25-16)14(2)3)21-13-18(4,5)23-7-9-24-10-8-23/h12,14H,6-11,13H2,1-5H3,(H2,19,20,21).